The van der Waals surface area contributed by atoms with Crippen LogP contribution in [-0.4, -0.2) is 28.8 Å². The van der Waals surface area contributed by atoms with E-state index < -0.39 is 5.54 Å². The lowest BCUT2D eigenvalue weighted by molar-refractivity contribution is -0.138. The van der Waals surface area contributed by atoms with Gasteiger partial charge in [-0.2, -0.15) is 0 Å². The molecule has 0 radical (unpaired) electrons. The fraction of sp³-hybridized carbons (Fsp3) is 0.625. The van der Waals surface area contributed by atoms with Crippen molar-refractivity contribution in [1.29, 1.82) is 0 Å². The molecule has 0 atom stereocenters. The van der Waals surface area contributed by atoms with Crippen LogP contribution >= 0.6 is 0 Å². The van der Waals surface area contributed by atoms with E-state index in [4.69, 9.17) is 5.73 Å². The average molecular weight is 276 g/mol. The Hall–Kier alpha value is -1.42. The maximum Gasteiger partial charge on any atom is 0.261 e. The summed E-state index contributed by atoms with van der Waals surface area (Å²) in [5, 5.41) is 0. The molecule has 0 unspecified atom stereocenters. The minimum atomic E-state index is -0.395. The minimum absolute atomic E-state index is 0.152. The Labute approximate surface area is 120 Å². The molecule has 20 heavy (non-hydrogen) atoms. The van der Waals surface area contributed by atoms with Gasteiger partial charge in [0.25, 0.3) is 11.8 Å². The van der Waals surface area contributed by atoms with Gasteiger partial charge in [0.1, 0.15) is 0 Å². The lowest BCUT2D eigenvalue weighted by atomic mass is 9.82. The summed E-state index contributed by atoms with van der Waals surface area (Å²) < 4.78 is 0. The van der Waals surface area contributed by atoms with Crippen LogP contribution in [-0.2, 0) is 9.59 Å². The summed E-state index contributed by atoms with van der Waals surface area (Å²) in [7, 11) is 0. The van der Waals surface area contributed by atoms with Gasteiger partial charge in [-0.1, -0.05) is 38.3 Å². The van der Waals surface area contributed by atoms with E-state index in [1.54, 1.807) is 12.2 Å². The number of nitrogens with two attached hydrogens (primary N) is 1. The van der Waals surface area contributed by atoms with E-state index in [0.29, 0.717) is 24.1 Å². The highest BCUT2D eigenvalue weighted by Crippen LogP contribution is 2.31. The summed E-state index contributed by atoms with van der Waals surface area (Å²) in [6.45, 7) is 4.12. The largest absolute Gasteiger partial charge is 0.324 e. The normalized spacial score (nSPS) is 23.2. The maximum atomic E-state index is 12.4. The molecule has 1 aliphatic heterocycles. The molecular formula is C16H24N2O2. The van der Waals surface area contributed by atoms with Gasteiger partial charge in [-0.05, 0) is 26.2 Å². The van der Waals surface area contributed by atoms with Gasteiger partial charge in [-0.25, -0.2) is 0 Å². The molecule has 110 valence electrons. The zero-order chi connectivity index (χ0) is 14.8. The van der Waals surface area contributed by atoms with Crippen molar-refractivity contribution in [3.8, 4) is 0 Å². The molecule has 2 rings (SSSR count). The number of amides is 2. The van der Waals surface area contributed by atoms with E-state index in [0.717, 1.165) is 25.7 Å². The van der Waals surface area contributed by atoms with Gasteiger partial charge in [0.2, 0.25) is 0 Å². The van der Waals surface area contributed by atoms with Crippen molar-refractivity contribution in [2.24, 2.45) is 5.73 Å². The van der Waals surface area contributed by atoms with Crippen molar-refractivity contribution < 1.29 is 9.59 Å². The summed E-state index contributed by atoms with van der Waals surface area (Å²) in [5.74, 6) is -0.332. The molecule has 0 aromatic carbocycles. The van der Waals surface area contributed by atoms with E-state index in [1.807, 2.05) is 13.8 Å². The van der Waals surface area contributed by atoms with Crippen molar-refractivity contribution in [2.75, 3.05) is 6.54 Å². The summed E-state index contributed by atoms with van der Waals surface area (Å²) >= 11 is 0. The van der Waals surface area contributed by atoms with Crippen LogP contribution < -0.4 is 5.73 Å². The van der Waals surface area contributed by atoms with Crippen LogP contribution in [0.3, 0.4) is 0 Å². The van der Waals surface area contributed by atoms with Gasteiger partial charge in [0, 0.05) is 23.2 Å². The first-order valence-corrected chi connectivity index (χ1v) is 7.53. The molecule has 1 fully saturated rings. The van der Waals surface area contributed by atoms with Crippen molar-refractivity contribution >= 4 is 11.8 Å². The topological polar surface area (TPSA) is 63.4 Å². The maximum absolute atomic E-state index is 12.4. The van der Waals surface area contributed by atoms with Gasteiger partial charge in [0.15, 0.2) is 0 Å². The van der Waals surface area contributed by atoms with Gasteiger partial charge >= 0.3 is 0 Å². The van der Waals surface area contributed by atoms with Crippen molar-refractivity contribution in [2.45, 2.75) is 57.9 Å². The number of imide groups is 1. The third kappa shape index (κ3) is 2.70. The smallest absolute Gasteiger partial charge is 0.261 e. The Morgan fingerprint density at radius 2 is 1.85 bits per heavy atom. The van der Waals surface area contributed by atoms with Crippen molar-refractivity contribution in [1.82, 2.24) is 4.90 Å². The third-order valence-electron chi connectivity index (χ3n) is 4.31. The first-order chi connectivity index (χ1) is 9.52. The number of carbonyl (C=O) groups is 2. The van der Waals surface area contributed by atoms with Crippen LogP contribution in [0.25, 0.3) is 0 Å². The zero-order valence-electron chi connectivity index (χ0n) is 12.4. The molecule has 0 aromatic rings. The first kappa shape index (κ1) is 15.0. The van der Waals surface area contributed by atoms with E-state index >= 15 is 0 Å². The van der Waals surface area contributed by atoms with Crippen LogP contribution in [0, 0.1) is 0 Å². The second kappa shape index (κ2) is 5.92. The van der Waals surface area contributed by atoms with Crippen molar-refractivity contribution in [3.05, 3.63) is 23.3 Å². The fourth-order valence-corrected chi connectivity index (χ4v) is 3.20. The molecule has 2 aliphatic rings. The van der Waals surface area contributed by atoms with Gasteiger partial charge in [-0.15, -0.1) is 0 Å². The second-order valence-corrected chi connectivity index (χ2v) is 5.87. The molecule has 0 bridgehead atoms. The molecule has 0 spiro atoms. The van der Waals surface area contributed by atoms with Gasteiger partial charge < -0.3 is 5.73 Å². The Morgan fingerprint density at radius 1 is 1.20 bits per heavy atom. The molecule has 0 aromatic heterocycles. The number of hydrogen-bond acceptors (Lipinski definition) is 3. The fourth-order valence-electron chi connectivity index (χ4n) is 3.20. The molecule has 1 saturated carbocycles. The molecule has 1 heterocycles. The van der Waals surface area contributed by atoms with Gasteiger partial charge in [-0.3, -0.25) is 14.5 Å². The number of allylic oxidation sites excluding steroid dienone is 1. The predicted octanol–water partition coefficient (Wildman–Crippen LogP) is 2.30. The van der Waals surface area contributed by atoms with Crippen LogP contribution in [0.15, 0.2) is 23.3 Å². The average Bonchev–Trinajstić information content (AvgIpc) is 2.64. The third-order valence-corrected chi connectivity index (χ3v) is 4.31. The number of rotatable bonds is 4. The SMILES string of the molecule is C/C=C\C1=C(CC)C(=O)N(CC2(N)CCCCC2)C1=O. The summed E-state index contributed by atoms with van der Waals surface area (Å²) in [6, 6.07) is 0. The molecule has 4 heteroatoms. The van der Waals surface area contributed by atoms with E-state index in [2.05, 4.69) is 0 Å². The van der Waals surface area contributed by atoms with Crippen LogP contribution in [0.2, 0.25) is 0 Å². The highest BCUT2D eigenvalue weighted by atomic mass is 16.2. The minimum Gasteiger partial charge on any atom is -0.324 e. The molecule has 2 amide bonds. The van der Waals surface area contributed by atoms with Crippen molar-refractivity contribution in [3.63, 3.8) is 0 Å². The van der Waals surface area contributed by atoms with Gasteiger partial charge in [0.05, 0.1) is 0 Å². The quantitative estimate of drug-likeness (QED) is 0.801. The number of carbonyl (C=O) groups excluding carboxylic acids is 2. The summed E-state index contributed by atoms with van der Waals surface area (Å²) in [4.78, 5) is 26.2. The first-order valence-electron chi connectivity index (χ1n) is 7.53. The molecular weight excluding hydrogens is 252 g/mol. The monoisotopic (exact) mass is 276 g/mol. The number of hydrogen-bond donors (Lipinski definition) is 1. The lowest BCUT2D eigenvalue weighted by Crippen LogP contribution is -2.53. The second-order valence-electron chi connectivity index (χ2n) is 5.87. The van der Waals surface area contributed by atoms with Crippen LogP contribution in [0.4, 0.5) is 0 Å². The Kier molecular flexibility index (Phi) is 4.43. The highest BCUT2D eigenvalue weighted by molar-refractivity contribution is 6.20. The van der Waals surface area contributed by atoms with E-state index in [9.17, 15) is 9.59 Å². The molecule has 4 nitrogen and oxygen atoms in total. The number of nitrogens with zero attached hydrogens (tertiary/aromatic N) is 1. The standard InChI is InChI=1S/C16H24N2O2/c1-3-8-13-12(4-2)14(19)18(15(13)20)11-16(17)9-6-5-7-10-16/h3,8H,4-7,9-11,17H2,1-2H3/b8-3-. The summed E-state index contributed by atoms with van der Waals surface area (Å²) in [5.41, 5.74) is 7.15. The Balaban J connectivity index is 2.19. The van der Waals surface area contributed by atoms with E-state index in [1.165, 1.54) is 11.3 Å². The molecule has 0 saturated heterocycles. The van der Waals surface area contributed by atoms with E-state index in [-0.39, 0.29) is 11.8 Å². The van der Waals surface area contributed by atoms with Crippen LogP contribution in [0.5, 0.6) is 0 Å². The lowest BCUT2D eigenvalue weighted by Gasteiger charge is -2.36. The van der Waals surface area contributed by atoms with Crippen LogP contribution in [0.1, 0.15) is 52.4 Å². The Bertz CT molecular complexity index is 471. The Morgan fingerprint density at radius 3 is 2.40 bits per heavy atom. The predicted molar refractivity (Wildman–Crippen MR) is 78.9 cm³/mol. The molecule has 2 N–H and O–H groups in total. The highest BCUT2D eigenvalue weighted by Gasteiger charge is 2.40. The zero-order valence-corrected chi connectivity index (χ0v) is 12.4. The summed E-state index contributed by atoms with van der Waals surface area (Å²) in [6.07, 6.45) is 9.28. The molecule has 1 aliphatic carbocycles.